The number of guanidine groups is 1. The molecular formula is C21H34N6OS. The Morgan fingerprint density at radius 3 is 2.86 bits per heavy atom. The minimum Gasteiger partial charge on any atom is -0.370 e. The third-order valence-corrected chi connectivity index (χ3v) is 6.09. The highest BCUT2D eigenvalue weighted by Crippen LogP contribution is 2.24. The second-order valence-electron chi connectivity index (χ2n) is 7.24. The van der Waals surface area contributed by atoms with Crippen LogP contribution in [-0.2, 0) is 11.8 Å². The van der Waals surface area contributed by atoms with Gasteiger partial charge in [0, 0.05) is 31.9 Å². The normalized spacial score (nSPS) is 19.0. The number of aromatic nitrogens is 2. The fraction of sp³-hybridized carbons (Fsp3) is 0.619. The van der Waals surface area contributed by atoms with Crippen LogP contribution >= 0.6 is 11.3 Å². The zero-order valence-corrected chi connectivity index (χ0v) is 18.9. The molecule has 0 spiro atoms. The number of morpholine rings is 1. The summed E-state index contributed by atoms with van der Waals surface area (Å²) in [5.74, 6) is 0.970. The summed E-state index contributed by atoms with van der Waals surface area (Å²) < 4.78 is 7.83. The van der Waals surface area contributed by atoms with E-state index in [2.05, 4.69) is 57.8 Å². The Balaban J connectivity index is 1.75. The number of hydrogen-bond donors (Lipinski definition) is 1. The first-order valence-corrected chi connectivity index (χ1v) is 11.5. The Labute approximate surface area is 178 Å². The molecule has 29 heavy (non-hydrogen) atoms. The van der Waals surface area contributed by atoms with Crippen molar-refractivity contribution in [3.63, 3.8) is 0 Å². The summed E-state index contributed by atoms with van der Waals surface area (Å²) in [5, 5.41) is 12.2. The van der Waals surface area contributed by atoms with Gasteiger partial charge in [-0.25, -0.2) is 0 Å². The fourth-order valence-corrected chi connectivity index (χ4v) is 4.52. The van der Waals surface area contributed by atoms with Gasteiger partial charge in [-0.1, -0.05) is 13.8 Å². The van der Waals surface area contributed by atoms with Crippen molar-refractivity contribution in [3.8, 4) is 0 Å². The Morgan fingerprint density at radius 2 is 2.24 bits per heavy atom. The number of likely N-dealkylation sites (N-methyl/N-ethyl adjacent to an activating group) is 1. The lowest BCUT2D eigenvalue weighted by Gasteiger charge is -2.35. The van der Waals surface area contributed by atoms with Gasteiger partial charge in [-0.3, -0.25) is 14.6 Å². The molecule has 1 N–H and O–H groups in total. The maximum absolute atomic E-state index is 6.01. The minimum atomic E-state index is 0.0248. The van der Waals surface area contributed by atoms with E-state index in [-0.39, 0.29) is 6.10 Å². The average Bonchev–Trinajstić information content (AvgIpc) is 3.42. The van der Waals surface area contributed by atoms with Crippen LogP contribution in [0.15, 0.2) is 34.2 Å². The number of hydrogen-bond acceptors (Lipinski definition) is 5. The molecule has 2 aromatic heterocycles. The number of thiophene rings is 1. The van der Waals surface area contributed by atoms with E-state index < -0.39 is 0 Å². The maximum atomic E-state index is 6.01. The van der Waals surface area contributed by atoms with Crippen LogP contribution < -0.4 is 5.32 Å². The predicted molar refractivity (Wildman–Crippen MR) is 119 cm³/mol. The first kappa shape index (κ1) is 21.8. The molecule has 0 bridgehead atoms. The van der Waals surface area contributed by atoms with Crippen molar-refractivity contribution in [2.75, 3.05) is 45.9 Å². The first-order chi connectivity index (χ1) is 14.2. The highest BCUT2D eigenvalue weighted by molar-refractivity contribution is 7.07. The molecule has 0 radical (unpaired) electrons. The van der Waals surface area contributed by atoms with Gasteiger partial charge in [0.25, 0.3) is 0 Å². The number of nitrogens with zero attached hydrogens (tertiary/aromatic N) is 5. The van der Waals surface area contributed by atoms with Crippen LogP contribution in [-0.4, -0.2) is 71.4 Å². The first-order valence-electron chi connectivity index (χ1n) is 10.6. The molecule has 2 atom stereocenters. The summed E-state index contributed by atoms with van der Waals surface area (Å²) in [6.45, 7) is 12.5. The van der Waals surface area contributed by atoms with Gasteiger partial charge in [0.2, 0.25) is 0 Å². The van der Waals surface area contributed by atoms with Crippen molar-refractivity contribution >= 4 is 17.3 Å². The third-order valence-electron chi connectivity index (χ3n) is 5.39. The number of ether oxygens (including phenoxy) is 1. The molecule has 1 aliphatic heterocycles. The lowest BCUT2D eigenvalue weighted by Crippen LogP contribution is -2.48. The van der Waals surface area contributed by atoms with Crippen LogP contribution in [0.1, 0.15) is 44.0 Å². The molecule has 8 heteroatoms. The van der Waals surface area contributed by atoms with Gasteiger partial charge in [-0.2, -0.15) is 16.4 Å². The molecule has 0 aliphatic carbocycles. The fourth-order valence-electron chi connectivity index (χ4n) is 3.81. The molecule has 2 unspecified atom stereocenters. The van der Waals surface area contributed by atoms with Crippen molar-refractivity contribution in [2.24, 2.45) is 12.0 Å². The number of nitrogens with one attached hydrogen (secondary N) is 1. The van der Waals surface area contributed by atoms with E-state index in [0.29, 0.717) is 12.6 Å². The maximum Gasteiger partial charge on any atom is 0.194 e. The third kappa shape index (κ3) is 5.58. The molecule has 160 valence electrons. The molecule has 0 aromatic carbocycles. The van der Waals surface area contributed by atoms with Gasteiger partial charge >= 0.3 is 0 Å². The summed E-state index contributed by atoms with van der Waals surface area (Å²) >= 11 is 1.75. The van der Waals surface area contributed by atoms with Crippen LogP contribution in [0, 0.1) is 0 Å². The van der Waals surface area contributed by atoms with E-state index in [9.17, 15) is 0 Å². The zero-order valence-electron chi connectivity index (χ0n) is 18.0. The number of rotatable bonds is 8. The lowest BCUT2D eigenvalue weighted by molar-refractivity contribution is -0.00808. The highest BCUT2D eigenvalue weighted by atomic mass is 32.1. The monoisotopic (exact) mass is 418 g/mol. The molecule has 3 rings (SSSR count). The summed E-state index contributed by atoms with van der Waals surface area (Å²) in [6, 6.07) is 2.53. The van der Waals surface area contributed by atoms with Crippen molar-refractivity contribution in [1.82, 2.24) is 24.9 Å². The molecule has 1 aliphatic rings. The van der Waals surface area contributed by atoms with Gasteiger partial charge < -0.3 is 15.0 Å². The Morgan fingerprint density at radius 1 is 1.41 bits per heavy atom. The number of aryl methyl sites for hydroxylation is 1. The Kier molecular flexibility index (Phi) is 8.09. The van der Waals surface area contributed by atoms with Crippen LogP contribution in [0.25, 0.3) is 0 Å². The van der Waals surface area contributed by atoms with E-state index in [1.54, 1.807) is 11.3 Å². The van der Waals surface area contributed by atoms with Crippen LogP contribution in [0.4, 0.5) is 0 Å². The van der Waals surface area contributed by atoms with E-state index >= 15 is 0 Å². The van der Waals surface area contributed by atoms with Crippen molar-refractivity contribution in [3.05, 3.63) is 40.3 Å². The summed E-state index contributed by atoms with van der Waals surface area (Å²) in [7, 11) is 1.94. The molecule has 3 heterocycles. The highest BCUT2D eigenvalue weighted by Gasteiger charge is 2.26. The van der Waals surface area contributed by atoms with Crippen LogP contribution in [0.5, 0.6) is 0 Å². The standard InChI is InChI=1S/C21H34N6OS/c1-5-22-21(23-13-19(26(6-2)7-3)17-8-11-29-16-17)27-9-10-28-20(15-27)18-12-24-25(4)14-18/h8,11-12,14,16,19-20H,5-7,9-10,13,15H2,1-4H3,(H,22,23). The molecule has 1 fully saturated rings. The molecule has 0 saturated carbocycles. The molecular weight excluding hydrogens is 384 g/mol. The minimum absolute atomic E-state index is 0.0248. The summed E-state index contributed by atoms with van der Waals surface area (Å²) in [5.41, 5.74) is 2.47. The Hall–Kier alpha value is -1.90. The SMILES string of the molecule is CCNC(=NCC(c1ccsc1)N(CC)CC)N1CCOC(c2cnn(C)c2)C1. The average molecular weight is 419 g/mol. The van der Waals surface area contributed by atoms with E-state index in [1.165, 1.54) is 5.56 Å². The molecule has 1 saturated heterocycles. The second-order valence-corrected chi connectivity index (χ2v) is 8.02. The van der Waals surface area contributed by atoms with Crippen LogP contribution in [0.2, 0.25) is 0 Å². The van der Waals surface area contributed by atoms with Crippen molar-refractivity contribution in [2.45, 2.75) is 32.9 Å². The predicted octanol–water partition coefficient (Wildman–Crippen LogP) is 2.90. The van der Waals surface area contributed by atoms with E-state index in [4.69, 9.17) is 9.73 Å². The number of aliphatic imine (C=N–C) groups is 1. The van der Waals surface area contributed by atoms with Gasteiger partial charge in [-0.05, 0) is 42.4 Å². The molecule has 0 amide bonds. The van der Waals surface area contributed by atoms with Gasteiger partial charge in [-0.15, -0.1) is 0 Å². The zero-order chi connectivity index (χ0) is 20.6. The molecule has 7 nitrogen and oxygen atoms in total. The van der Waals surface area contributed by atoms with E-state index in [1.807, 2.05) is 24.1 Å². The Bertz CT molecular complexity index is 755. The van der Waals surface area contributed by atoms with Gasteiger partial charge in [0.1, 0.15) is 6.10 Å². The largest absolute Gasteiger partial charge is 0.370 e. The van der Waals surface area contributed by atoms with E-state index in [0.717, 1.165) is 50.8 Å². The summed E-state index contributed by atoms with van der Waals surface area (Å²) in [4.78, 5) is 9.86. The lowest BCUT2D eigenvalue weighted by atomic mass is 10.1. The summed E-state index contributed by atoms with van der Waals surface area (Å²) in [6.07, 6.45) is 3.95. The van der Waals surface area contributed by atoms with Crippen molar-refractivity contribution < 1.29 is 4.74 Å². The topological polar surface area (TPSA) is 57.9 Å². The second kappa shape index (κ2) is 10.8. The smallest absolute Gasteiger partial charge is 0.194 e. The van der Waals surface area contributed by atoms with Crippen LogP contribution in [0.3, 0.4) is 0 Å². The quantitative estimate of drug-likeness (QED) is 0.528. The van der Waals surface area contributed by atoms with Gasteiger partial charge in [0.05, 0.1) is 31.9 Å². The molecule has 2 aromatic rings. The van der Waals surface area contributed by atoms with Gasteiger partial charge in [0.15, 0.2) is 5.96 Å². The van der Waals surface area contributed by atoms with Crippen molar-refractivity contribution in [1.29, 1.82) is 0 Å².